The second-order valence-electron chi connectivity index (χ2n) is 6.22. The van der Waals surface area contributed by atoms with Crippen LogP contribution in [0.4, 0.5) is 5.69 Å². The standard InChI is InChI=1S/C18H25N3O3/c1-3-18(4-2,12-19)17(24)20-14-7-5-13(6-8-14)11-21-15(22)9-10-16(21)23/h5-8H,3-4,9-12,19H2,1-2H3,(H,20,24). The predicted molar refractivity (Wildman–Crippen MR) is 91.9 cm³/mol. The van der Waals surface area contributed by atoms with E-state index >= 15 is 0 Å². The lowest BCUT2D eigenvalue weighted by molar-refractivity contribution is -0.139. The Balaban J connectivity index is 2.03. The van der Waals surface area contributed by atoms with E-state index in [1.807, 2.05) is 26.0 Å². The molecule has 1 aromatic rings. The van der Waals surface area contributed by atoms with Gasteiger partial charge in [0.1, 0.15) is 0 Å². The van der Waals surface area contributed by atoms with Crippen molar-refractivity contribution in [3.63, 3.8) is 0 Å². The third-order valence-electron chi connectivity index (χ3n) is 4.93. The van der Waals surface area contributed by atoms with E-state index in [1.54, 1.807) is 12.1 Å². The van der Waals surface area contributed by atoms with E-state index in [0.29, 0.717) is 37.9 Å². The minimum absolute atomic E-state index is 0.0763. The normalized spacial score (nSPS) is 15.0. The molecule has 1 aliphatic rings. The summed E-state index contributed by atoms with van der Waals surface area (Å²) in [6, 6.07) is 7.20. The molecule has 0 radical (unpaired) electrons. The predicted octanol–water partition coefficient (Wildman–Crippen LogP) is 2.04. The Bertz CT molecular complexity index is 597. The summed E-state index contributed by atoms with van der Waals surface area (Å²) in [5.74, 6) is -0.334. The number of hydrogen-bond acceptors (Lipinski definition) is 4. The molecule has 1 aliphatic heterocycles. The first kappa shape index (κ1) is 18.1. The molecule has 24 heavy (non-hydrogen) atoms. The van der Waals surface area contributed by atoms with Gasteiger partial charge in [-0.3, -0.25) is 19.3 Å². The zero-order valence-electron chi connectivity index (χ0n) is 14.3. The molecule has 0 unspecified atom stereocenters. The summed E-state index contributed by atoms with van der Waals surface area (Å²) in [6.07, 6.45) is 1.95. The van der Waals surface area contributed by atoms with Gasteiger partial charge < -0.3 is 11.1 Å². The number of hydrogen-bond donors (Lipinski definition) is 2. The molecule has 1 aromatic carbocycles. The number of carbonyl (C=O) groups is 3. The molecule has 130 valence electrons. The maximum atomic E-state index is 12.5. The Labute approximate surface area is 142 Å². The number of nitrogens with zero attached hydrogens (tertiary/aromatic N) is 1. The maximum absolute atomic E-state index is 12.5. The van der Waals surface area contributed by atoms with Gasteiger partial charge in [-0.2, -0.15) is 0 Å². The van der Waals surface area contributed by atoms with Crippen molar-refractivity contribution < 1.29 is 14.4 Å². The summed E-state index contributed by atoms with van der Waals surface area (Å²) in [6.45, 7) is 4.51. The zero-order chi connectivity index (χ0) is 17.7. The number of rotatable bonds is 7. The average molecular weight is 331 g/mol. The van der Waals surface area contributed by atoms with Gasteiger partial charge in [0.2, 0.25) is 17.7 Å². The number of carbonyl (C=O) groups excluding carboxylic acids is 3. The molecule has 0 atom stereocenters. The van der Waals surface area contributed by atoms with E-state index in [9.17, 15) is 14.4 Å². The van der Waals surface area contributed by atoms with Crippen LogP contribution in [0.15, 0.2) is 24.3 Å². The Morgan fingerprint density at radius 1 is 1.12 bits per heavy atom. The van der Waals surface area contributed by atoms with Crippen LogP contribution in [-0.4, -0.2) is 29.2 Å². The van der Waals surface area contributed by atoms with E-state index < -0.39 is 5.41 Å². The summed E-state index contributed by atoms with van der Waals surface area (Å²) < 4.78 is 0. The molecule has 0 spiro atoms. The Kier molecular flexibility index (Phi) is 5.72. The molecule has 2 rings (SSSR count). The molecule has 3 N–H and O–H groups in total. The van der Waals surface area contributed by atoms with Gasteiger partial charge in [0.15, 0.2) is 0 Å². The first-order valence-corrected chi connectivity index (χ1v) is 8.39. The molecular formula is C18H25N3O3. The van der Waals surface area contributed by atoms with Crippen LogP contribution in [-0.2, 0) is 20.9 Å². The fourth-order valence-corrected chi connectivity index (χ4v) is 2.89. The van der Waals surface area contributed by atoms with Gasteiger partial charge in [-0.15, -0.1) is 0 Å². The van der Waals surface area contributed by atoms with Crippen molar-refractivity contribution in [3.8, 4) is 0 Å². The van der Waals surface area contributed by atoms with Crippen LogP contribution in [0.2, 0.25) is 0 Å². The van der Waals surface area contributed by atoms with Crippen molar-refractivity contribution in [1.29, 1.82) is 0 Å². The molecule has 6 nitrogen and oxygen atoms in total. The fraction of sp³-hybridized carbons (Fsp3) is 0.500. The topological polar surface area (TPSA) is 92.5 Å². The summed E-state index contributed by atoms with van der Waals surface area (Å²) in [5, 5.41) is 2.91. The molecule has 1 saturated heterocycles. The largest absolute Gasteiger partial charge is 0.329 e. The second-order valence-corrected chi connectivity index (χ2v) is 6.22. The molecule has 6 heteroatoms. The number of amides is 3. The third-order valence-corrected chi connectivity index (χ3v) is 4.93. The van der Waals surface area contributed by atoms with Crippen LogP contribution in [0, 0.1) is 5.41 Å². The number of nitrogens with two attached hydrogens (primary N) is 1. The quantitative estimate of drug-likeness (QED) is 0.748. The molecule has 3 amide bonds. The Morgan fingerprint density at radius 3 is 2.12 bits per heavy atom. The van der Waals surface area contributed by atoms with Crippen molar-refractivity contribution in [2.45, 2.75) is 46.1 Å². The third kappa shape index (κ3) is 3.64. The summed E-state index contributed by atoms with van der Waals surface area (Å²) in [5.41, 5.74) is 6.78. The van der Waals surface area contributed by atoms with E-state index in [4.69, 9.17) is 5.73 Å². The lowest BCUT2D eigenvalue weighted by atomic mass is 9.81. The van der Waals surface area contributed by atoms with E-state index in [1.165, 1.54) is 4.90 Å². The van der Waals surface area contributed by atoms with Crippen molar-refractivity contribution in [2.24, 2.45) is 11.1 Å². The number of benzene rings is 1. The highest BCUT2D eigenvalue weighted by molar-refractivity contribution is 6.01. The second kappa shape index (κ2) is 7.57. The first-order valence-electron chi connectivity index (χ1n) is 8.39. The molecule has 0 saturated carbocycles. The van der Waals surface area contributed by atoms with Gasteiger partial charge in [0.05, 0.1) is 12.0 Å². The van der Waals surface area contributed by atoms with Gasteiger partial charge >= 0.3 is 0 Å². The highest BCUT2D eigenvalue weighted by Gasteiger charge is 2.33. The summed E-state index contributed by atoms with van der Waals surface area (Å²) >= 11 is 0. The van der Waals surface area contributed by atoms with Gasteiger partial charge in [-0.1, -0.05) is 26.0 Å². The van der Waals surface area contributed by atoms with Crippen molar-refractivity contribution in [1.82, 2.24) is 4.90 Å². The molecule has 1 heterocycles. The smallest absolute Gasteiger partial charge is 0.231 e. The van der Waals surface area contributed by atoms with Crippen molar-refractivity contribution in [3.05, 3.63) is 29.8 Å². The van der Waals surface area contributed by atoms with E-state index in [2.05, 4.69) is 5.32 Å². The van der Waals surface area contributed by atoms with Crippen LogP contribution < -0.4 is 11.1 Å². The fourth-order valence-electron chi connectivity index (χ4n) is 2.89. The summed E-state index contributed by atoms with van der Waals surface area (Å²) in [7, 11) is 0. The summed E-state index contributed by atoms with van der Waals surface area (Å²) in [4.78, 5) is 37.1. The van der Waals surface area contributed by atoms with Crippen LogP contribution in [0.5, 0.6) is 0 Å². The molecular weight excluding hydrogens is 306 g/mol. The number of likely N-dealkylation sites (tertiary alicyclic amines) is 1. The van der Waals surface area contributed by atoms with Crippen LogP contribution in [0.3, 0.4) is 0 Å². The van der Waals surface area contributed by atoms with Crippen molar-refractivity contribution >= 4 is 23.4 Å². The highest BCUT2D eigenvalue weighted by Crippen LogP contribution is 2.27. The van der Waals surface area contributed by atoms with Crippen LogP contribution in [0.25, 0.3) is 0 Å². The van der Waals surface area contributed by atoms with Crippen molar-refractivity contribution in [2.75, 3.05) is 11.9 Å². The highest BCUT2D eigenvalue weighted by atomic mass is 16.2. The lowest BCUT2D eigenvalue weighted by Crippen LogP contribution is -2.41. The average Bonchev–Trinajstić information content (AvgIpc) is 2.90. The van der Waals surface area contributed by atoms with Crippen LogP contribution in [0.1, 0.15) is 45.1 Å². The minimum atomic E-state index is -0.549. The minimum Gasteiger partial charge on any atom is -0.329 e. The van der Waals surface area contributed by atoms with Gasteiger partial charge in [0.25, 0.3) is 0 Å². The Morgan fingerprint density at radius 2 is 1.67 bits per heavy atom. The SMILES string of the molecule is CCC(CC)(CN)C(=O)Nc1ccc(CN2C(=O)CCC2=O)cc1. The molecule has 0 bridgehead atoms. The maximum Gasteiger partial charge on any atom is 0.231 e. The number of imide groups is 1. The number of anilines is 1. The molecule has 1 fully saturated rings. The molecule has 0 aromatic heterocycles. The Hall–Kier alpha value is -2.21. The van der Waals surface area contributed by atoms with Crippen LogP contribution >= 0.6 is 0 Å². The number of nitrogens with one attached hydrogen (secondary N) is 1. The molecule has 0 aliphatic carbocycles. The monoisotopic (exact) mass is 331 g/mol. The van der Waals surface area contributed by atoms with E-state index in [0.717, 1.165) is 5.56 Å². The van der Waals surface area contributed by atoms with Gasteiger partial charge in [0, 0.05) is 25.1 Å². The zero-order valence-corrected chi connectivity index (χ0v) is 14.3. The van der Waals surface area contributed by atoms with Gasteiger partial charge in [-0.05, 0) is 30.5 Å². The lowest BCUT2D eigenvalue weighted by Gasteiger charge is -2.28. The van der Waals surface area contributed by atoms with E-state index in [-0.39, 0.29) is 24.3 Å². The van der Waals surface area contributed by atoms with Gasteiger partial charge in [-0.25, -0.2) is 0 Å². The first-order chi connectivity index (χ1) is 11.5.